The highest BCUT2D eigenvalue weighted by Gasteiger charge is 2.32. The Kier molecular flexibility index (Phi) is 6.44. The lowest BCUT2D eigenvalue weighted by Crippen LogP contribution is -2.33. The molecule has 150 valence electrons. The van der Waals surface area contributed by atoms with Gasteiger partial charge in [0.05, 0.1) is 12.2 Å². The summed E-state index contributed by atoms with van der Waals surface area (Å²) in [5.41, 5.74) is 1.21. The standard InChI is InChI=1S/C21H27N3O3S/c1-5-10-28-21-23-20(26)18-16(11-17(25)22-19(18)24(21)4)14-6-8-15(9-7-14)27-12-13(2)3/h6-9,13,16H,5,10-12H2,1-4H3,(H,22,25)/t16-/m0/s1. The lowest BCUT2D eigenvalue weighted by molar-refractivity contribution is -0.116. The lowest BCUT2D eigenvalue weighted by atomic mass is 9.87. The summed E-state index contributed by atoms with van der Waals surface area (Å²) >= 11 is 1.53. The fourth-order valence-corrected chi connectivity index (χ4v) is 4.02. The van der Waals surface area contributed by atoms with Crippen molar-refractivity contribution in [2.45, 2.75) is 44.7 Å². The van der Waals surface area contributed by atoms with Crippen molar-refractivity contribution in [3.63, 3.8) is 0 Å². The number of hydrogen-bond acceptors (Lipinski definition) is 5. The number of carbonyl (C=O) groups is 1. The fourth-order valence-electron chi connectivity index (χ4n) is 3.20. The molecule has 1 aromatic carbocycles. The minimum atomic E-state index is -0.306. The second kappa shape index (κ2) is 8.82. The van der Waals surface area contributed by atoms with Gasteiger partial charge in [0.1, 0.15) is 11.6 Å². The van der Waals surface area contributed by atoms with E-state index in [1.807, 2.05) is 35.9 Å². The number of thioether (sulfide) groups is 1. The number of nitrogens with one attached hydrogen (secondary N) is 1. The maximum atomic E-state index is 12.8. The molecule has 2 heterocycles. The lowest BCUT2D eigenvalue weighted by Gasteiger charge is -2.27. The van der Waals surface area contributed by atoms with E-state index in [9.17, 15) is 9.59 Å². The first-order valence-corrected chi connectivity index (χ1v) is 10.7. The Balaban J connectivity index is 1.96. The number of hydrogen-bond donors (Lipinski definition) is 1. The molecule has 0 radical (unpaired) electrons. The quantitative estimate of drug-likeness (QED) is 0.564. The molecule has 0 spiro atoms. The number of benzene rings is 1. The van der Waals surface area contributed by atoms with E-state index in [1.54, 1.807) is 0 Å². The predicted molar refractivity (Wildman–Crippen MR) is 112 cm³/mol. The molecule has 1 N–H and O–H groups in total. The first kappa shape index (κ1) is 20.5. The third kappa shape index (κ3) is 4.41. The molecule has 0 saturated heterocycles. The molecular formula is C21H27N3O3S. The van der Waals surface area contributed by atoms with Crippen LogP contribution in [0.15, 0.2) is 34.2 Å². The number of anilines is 1. The zero-order chi connectivity index (χ0) is 20.3. The molecule has 0 aliphatic carbocycles. The molecular weight excluding hydrogens is 374 g/mol. The van der Waals surface area contributed by atoms with Crippen molar-refractivity contribution < 1.29 is 9.53 Å². The average Bonchev–Trinajstić information content (AvgIpc) is 2.67. The van der Waals surface area contributed by atoms with Gasteiger partial charge in [-0.3, -0.25) is 9.59 Å². The Morgan fingerprint density at radius 3 is 2.64 bits per heavy atom. The van der Waals surface area contributed by atoms with Gasteiger partial charge in [0.2, 0.25) is 5.91 Å². The normalized spacial score (nSPS) is 16.0. The van der Waals surface area contributed by atoms with Crippen molar-refractivity contribution in [3.05, 3.63) is 45.7 Å². The van der Waals surface area contributed by atoms with Crippen LogP contribution in [0.3, 0.4) is 0 Å². The van der Waals surface area contributed by atoms with Crippen molar-refractivity contribution >= 4 is 23.5 Å². The SMILES string of the molecule is CCCSc1nc(=O)c2c(n1C)NC(=O)C[C@H]2c1ccc(OCC(C)C)cc1. The number of aromatic nitrogens is 2. The summed E-state index contributed by atoms with van der Waals surface area (Å²) in [6.45, 7) is 6.93. The van der Waals surface area contributed by atoms with Gasteiger partial charge in [0.15, 0.2) is 5.16 Å². The van der Waals surface area contributed by atoms with Crippen molar-refractivity contribution in [1.82, 2.24) is 9.55 Å². The highest BCUT2D eigenvalue weighted by molar-refractivity contribution is 7.99. The monoisotopic (exact) mass is 401 g/mol. The third-order valence-electron chi connectivity index (χ3n) is 4.60. The second-order valence-corrected chi connectivity index (χ2v) is 8.51. The third-order valence-corrected chi connectivity index (χ3v) is 5.84. The van der Waals surface area contributed by atoms with Crippen molar-refractivity contribution in [2.24, 2.45) is 13.0 Å². The molecule has 1 amide bonds. The topological polar surface area (TPSA) is 73.2 Å². The summed E-state index contributed by atoms with van der Waals surface area (Å²) in [6.07, 6.45) is 1.22. The maximum absolute atomic E-state index is 12.8. The molecule has 0 unspecified atom stereocenters. The predicted octanol–water partition coefficient (Wildman–Crippen LogP) is 3.79. The van der Waals surface area contributed by atoms with E-state index in [-0.39, 0.29) is 23.8 Å². The Morgan fingerprint density at radius 2 is 2.00 bits per heavy atom. The Hall–Kier alpha value is -2.28. The highest BCUT2D eigenvalue weighted by atomic mass is 32.2. The molecule has 6 nitrogen and oxygen atoms in total. The number of nitrogens with zero attached hydrogens (tertiary/aromatic N) is 2. The zero-order valence-corrected chi connectivity index (χ0v) is 17.6. The smallest absolute Gasteiger partial charge is 0.279 e. The number of fused-ring (bicyclic) bond motifs is 1. The van der Waals surface area contributed by atoms with E-state index >= 15 is 0 Å². The summed E-state index contributed by atoms with van der Waals surface area (Å²) < 4.78 is 7.56. The van der Waals surface area contributed by atoms with Crippen molar-refractivity contribution in [1.29, 1.82) is 0 Å². The van der Waals surface area contributed by atoms with Crippen LogP contribution >= 0.6 is 11.8 Å². The van der Waals surface area contributed by atoms with Crippen LogP contribution in [-0.4, -0.2) is 27.8 Å². The minimum absolute atomic E-state index is 0.0923. The van der Waals surface area contributed by atoms with Gasteiger partial charge in [0.25, 0.3) is 5.56 Å². The largest absolute Gasteiger partial charge is 0.493 e. The molecule has 1 atom stereocenters. The van der Waals surface area contributed by atoms with E-state index in [4.69, 9.17) is 4.74 Å². The summed E-state index contributed by atoms with van der Waals surface area (Å²) in [7, 11) is 1.84. The molecule has 0 bridgehead atoms. The first-order valence-electron chi connectivity index (χ1n) is 9.67. The molecule has 3 rings (SSSR count). The molecule has 1 aliphatic rings. The average molecular weight is 402 g/mol. The van der Waals surface area contributed by atoms with E-state index in [2.05, 4.69) is 31.1 Å². The maximum Gasteiger partial charge on any atom is 0.279 e. The summed E-state index contributed by atoms with van der Waals surface area (Å²) in [5, 5.41) is 3.50. The molecule has 7 heteroatoms. The zero-order valence-electron chi connectivity index (χ0n) is 16.8. The van der Waals surface area contributed by atoms with Gasteiger partial charge in [-0.2, -0.15) is 4.98 Å². The van der Waals surface area contributed by atoms with Crippen LogP contribution in [0.1, 0.15) is 50.7 Å². The van der Waals surface area contributed by atoms with E-state index in [0.29, 0.717) is 29.1 Å². The van der Waals surface area contributed by atoms with Gasteiger partial charge in [-0.15, -0.1) is 0 Å². The van der Waals surface area contributed by atoms with E-state index in [1.165, 1.54) is 11.8 Å². The fraction of sp³-hybridized carbons (Fsp3) is 0.476. The Morgan fingerprint density at radius 1 is 1.29 bits per heavy atom. The molecule has 1 aromatic heterocycles. The highest BCUT2D eigenvalue weighted by Crippen LogP contribution is 2.36. The van der Waals surface area contributed by atoms with E-state index in [0.717, 1.165) is 23.5 Å². The van der Waals surface area contributed by atoms with Crippen LogP contribution in [-0.2, 0) is 11.8 Å². The van der Waals surface area contributed by atoms with Gasteiger partial charge >= 0.3 is 0 Å². The van der Waals surface area contributed by atoms with Crippen molar-refractivity contribution in [3.8, 4) is 5.75 Å². The number of rotatable bonds is 7. The first-order chi connectivity index (χ1) is 13.4. The molecule has 0 saturated carbocycles. The second-order valence-electron chi connectivity index (χ2n) is 7.45. The van der Waals surface area contributed by atoms with Crippen LogP contribution in [0.4, 0.5) is 5.82 Å². The van der Waals surface area contributed by atoms with Gasteiger partial charge in [-0.25, -0.2) is 0 Å². The van der Waals surface area contributed by atoms with Gasteiger partial charge in [0, 0.05) is 25.1 Å². The van der Waals surface area contributed by atoms with Gasteiger partial charge in [-0.1, -0.05) is 44.7 Å². The van der Waals surface area contributed by atoms with E-state index < -0.39 is 0 Å². The molecule has 28 heavy (non-hydrogen) atoms. The van der Waals surface area contributed by atoms with Gasteiger partial charge < -0.3 is 14.6 Å². The number of amides is 1. The molecule has 0 fully saturated rings. The van der Waals surface area contributed by atoms with Crippen LogP contribution < -0.4 is 15.6 Å². The van der Waals surface area contributed by atoms with Gasteiger partial charge in [-0.05, 0) is 30.0 Å². The van der Waals surface area contributed by atoms with Crippen LogP contribution in [0.5, 0.6) is 5.75 Å². The van der Waals surface area contributed by atoms with Crippen LogP contribution in [0, 0.1) is 5.92 Å². The Bertz CT molecular complexity index is 906. The summed E-state index contributed by atoms with van der Waals surface area (Å²) in [5.74, 6) is 2.26. The number of ether oxygens (including phenoxy) is 1. The summed E-state index contributed by atoms with van der Waals surface area (Å²) in [4.78, 5) is 29.5. The van der Waals surface area contributed by atoms with Crippen LogP contribution in [0.2, 0.25) is 0 Å². The molecule has 2 aromatic rings. The van der Waals surface area contributed by atoms with Crippen molar-refractivity contribution in [2.75, 3.05) is 17.7 Å². The summed E-state index contributed by atoms with van der Waals surface area (Å²) in [6, 6.07) is 7.66. The molecule has 1 aliphatic heterocycles. The minimum Gasteiger partial charge on any atom is -0.493 e. The Labute approximate surface area is 169 Å². The number of carbonyl (C=O) groups excluding carboxylic acids is 1. The van der Waals surface area contributed by atoms with Crippen LogP contribution in [0.25, 0.3) is 0 Å².